The van der Waals surface area contributed by atoms with E-state index in [2.05, 4.69) is 90.1 Å². The van der Waals surface area contributed by atoms with Crippen LogP contribution in [-0.4, -0.2) is 34.4 Å². The smallest absolute Gasteiger partial charge is 0.421 e. The maximum atomic E-state index is 11.4. The molecule has 0 saturated carbocycles. The molecule has 3 aromatic rings. The molecule has 17 heteroatoms. The zero-order valence-electron chi connectivity index (χ0n) is 20.6. The van der Waals surface area contributed by atoms with E-state index >= 15 is 0 Å². The van der Waals surface area contributed by atoms with E-state index in [0.717, 1.165) is 17.2 Å². The minimum Gasteiger partial charge on any atom is -0.421 e. The van der Waals surface area contributed by atoms with Crippen LogP contribution in [0.25, 0.3) is 20.4 Å². The van der Waals surface area contributed by atoms with Gasteiger partial charge in [-0.05, 0) is 38.1 Å². The lowest BCUT2D eigenvalue weighted by Crippen LogP contribution is -2.33. The average Bonchev–Trinajstić information content (AvgIpc) is 3.39. The highest BCUT2D eigenvalue weighted by atomic mass is 32.3. The molecule has 2 aromatic carbocycles. The molecule has 1 aliphatic heterocycles. The highest BCUT2D eigenvalue weighted by molar-refractivity contribution is 8.13. The van der Waals surface area contributed by atoms with Gasteiger partial charge in [-0.3, -0.25) is 0 Å². The van der Waals surface area contributed by atoms with Crippen LogP contribution >= 0.6 is 23.1 Å². The lowest BCUT2D eigenvalue weighted by molar-refractivity contribution is -0.665. The van der Waals surface area contributed by atoms with Crippen molar-refractivity contribution in [3.8, 4) is 0 Å². The maximum absolute atomic E-state index is 11.4. The van der Waals surface area contributed by atoms with E-state index in [1.165, 1.54) is 30.8 Å². The summed E-state index contributed by atoms with van der Waals surface area (Å²) < 4.78 is 113. The fraction of sp³-hybridized carbons (Fsp3) is 0.261. The predicted molar refractivity (Wildman–Crippen MR) is 143 cm³/mol. The first kappa shape index (κ1) is 31.9. The van der Waals surface area contributed by atoms with Gasteiger partial charge in [-0.15, -0.1) is 0 Å². The highest BCUT2D eigenvalue weighted by Gasteiger charge is 2.47. The standard InChI is InChI=1S/C21H21N2S2.C2F6NO4S2/c1-3-22-16-10-5-7-12-18(16)24-20(22)14-9-15-21-23(4-2)17-11-6-8-13-19(17)25-21;3-1(4,5)14(10,11)9-15(12,13)2(6,7)8/h5-15H,3-4H2,1-2H3;/q+1;-1. The van der Waals surface area contributed by atoms with E-state index in [1.54, 1.807) is 0 Å². The third kappa shape index (κ3) is 6.99. The van der Waals surface area contributed by atoms with E-state index in [0.29, 0.717) is 0 Å². The van der Waals surface area contributed by atoms with Crippen molar-refractivity contribution in [3.63, 3.8) is 0 Å². The van der Waals surface area contributed by atoms with E-state index in [-0.39, 0.29) is 0 Å². The van der Waals surface area contributed by atoms with Crippen molar-refractivity contribution in [1.29, 1.82) is 0 Å². The van der Waals surface area contributed by atoms with Crippen LogP contribution in [0.1, 0.15) is 18.9 Å². The number of thiazole rings is 1. The van der Waals surface area contributed by atoms with Crippen molar-refractivity contribution in [3.05, 3.63) is 74.8 Å². The van der Waals surface area contributed by atoms with Gasteiger partial charge in [0.1, 0.15) is 11.2 Å². The Morgan fingerprint density at radius 1 is 0.900 bits per heavy atom. The van der Waals surface area contributed by atoms with Crippen molar-refractivity contribution < 1.29 is 47.7 Å². The van der Waals surface area contributed by atoms with Gasteiger partial charge in [0, 0.05) is 23.6 Å². The van der Waals surface area contributed by atoms with Crippen molar-refractivity contribution in [2.75, 3.05) is 11.4 Å². The summed E-state index contributed by atoms with van der Waals surface area (Å²) in [4.78, 5) is 3.72. The SMILES string of the molecule is CCN1C(=CC=Cc2sc3ccccc3[n+]2CC)Sc2ccccc21.O=S(=O)([N-]S(=O)(=O)C(F)(F)F)C(F)(F)F. The van der Waals surface area contributed by atoms with Gasteiger partial charge >= 0.3 is 11.0 Å². The van der Waals surface area contributed by atoms with Gasteiger partial charge in [0.05, 0.1) is 10.7 Å². The molecule has 0 saturated heterocycles. The molecular formula is C23H21F6N3O4S4. The van der Waals surface area contributed by atoms with Gasteiger partial charge < -0.3 is 9.03 Å². The second-order valence-electron chi connectivity index (χ2n) is 7.75. The average molecular weight is 646 g/mol. The molecule has 2 heterocycles. The van der Waals surface area contributed by atoms with Crippen LogP contribution < -0.4 is 9.47 Å². The molecule has 0 N–H and O–H groups in total. The third-order valence-electron chi connectivity index (χ3n) is 5.16. The van der Waals surface area contributed by atoms with Crippen LogP contribution in [0.4, 0.5) is 32.0 Å². The van der Waals surface area contributed by atoms with Crippen molar-refractivity contribution in [1.82, 2.24) is 0 Å². The number of nitrogens with zero attached hydrogens (tertiary/aromatic N) is 3. The van der Waals surface area contributed by atoms with Crippen LogP contribution in [0.15, 0.2) is 70.6 Å². The van der Waals surface area contributed by atoms with E-state index < -0.39 is 31.1 Å². The number of allylic oxidation sites excluding steroid dienone is 2. The molecule has 0 atom stereocenters. The molecule has 0 unspecified atom stereocenters. The number of aromatic nitrogens is 1. The van der Waals surface area contributed by atoms with E-state index in [9.17, 15) is 43.2 Å². The van der Waals surface area contributed by atoms with E-state index in [4.69, 9.17) is 0 Å². The minimum absolute atomic E-state index is 0.778. The topological polar surface area (TPSA) is 89.5 Å². The maximum Gasteiger partial charge on any atom is 0.480 e. The summed E-state index contributed by atoms with van der Waals surface area (Å²) in [5.41, 5.74) is -9.77. The summed E-state index contributed by atoms with van der Waals surface area (Å²) in [6.07, 6.45) is 6.66. The van der Waals surface area contributed by atoms with Crippen LogP contribution in [-0.2, 0) is 26.6 Å². The molecule has 0 spiro atoms. The fourth-order valence-corrected chi connectivity index (χ4v) is 7.42. The molecule has 1 aromatic heterocycles. The number of rotatable bonds is 6. The monoisotopic (exact) mass is 645 g/mol. The Balaban J connectivity index is 0.000000255. The van der Waals surface area contributed by atoms with Crippen molar-refractivity contribution in [2.24, 2.45) is 0 Å². The lowest BCUT2D eigenvalue weighted by atomic mass is 10.3. The molecule has 218 valence electrons. The van der Waals surface area contributed by atoms with Crippen LogP contribution in [0.3, 0.4) is 0 Å². The summed E-state index contributed by atoms with van der Waals surface area (Å²) in [6, 6.07) is 17.2. The molecule has 0 amide bonds. The molecule has 7 nitrogen and oxygen atoms in total. The highest BCUT2D eigenvalue weighted by Crippen LogP contribution is 2.45. The number of aryl methyl sites for hydroxylation is 1. The van der Waals surface area contributed by atoms with Gasteiger partial charge in [0.15, 0.2) is 20.0 Å². The van der Waals surface area contributed by atoms with Crippen molar-refractivity contribution >= 4 is 65.1 Å². The summed E-state index contributed by atoms with van der Waals surface area (Å²) >= 11 is 3.70. The molecule has 4 rings (SSSR count). The first-order valence-electron chi connectivity index (χ1n) is 11.2. The molecule has 0 aliphatic carbocycles. The first-order chi connectivity index (χ1) is 18.5. The molecule has 0 fully saturated rings. The Bertz CT molecular complexity index is 1600. The number of halogens is 6. The Morgan fingerprint density at radius 3 is 2.05 bits per heavy atom. The number of para-hydroxylation sites is 2. The Hall–Kier alpha value is -2.60. The summed E-state index contributed by atoms with van der Waals surface area (Å²) in [6.45, 7) is 6.39. The first-order valence-corrected chi connectivity index (χ1v) is 15.7. The molecule has 0 radical (unpaired) electrons. The number of fused-ring (bicyclic) bond motifs is 2. The Kier molecular flexibility index (Phi) is 9.66. The summed E-state index contributed by atoms with van der Waals surface area (Å²) in [5.74, 6) is 0. The largest absolute Gasteiger partial charge is 0.480 e. The Labute approximate surface area is 234 Å². The third-order valence-corrected chi connectivity index (χ3v) is 10.2. The number of benzene rings is 2. The zero-order chi connectivity index (χ0) is 29.9. The van der Waals surface area contributed by atoms with Gasteiger partial charge in [-0.25, -0.2) is 16.8 Å². The normalized spacial score (nSPS) is 15.5. The molecular weight excluding hydrogens is 625 g/mol. The minimum atomic E-state index is -6.72. The summed E-state index contributed by atoms with van der Waals surface area (Å²) in [7, 11) is -13.4. The summed E-state index contributed by atoms with van der Waals surface area (Å²) in [5, 5.41) is 2.59. The number of anilines is 1. The van der Waals surface area contributed by atoms with Gasteiger partial charge in [0.2, 0.25) is 5.52 Å². The Morgan fingerprint density at radius 2 is 1.48 bits per heavy atom. The number of sulfonamides is 2. The number of hydrogen-bond donors (Lipinski definition) is 0. The predicted octanol–water partition coefficient (Wildman–Crippen LogP) is 6.75. The number of alkyl halides is 6. The van der Waals surface area contributed by atoms with Gasteiger partial charge in [0.25, 0.3) is 5.01 Å². The van der Waals surface area contributed by atoms with E-state index in [1.807, 2.05) is 23.1 Å². The number of thioether (sulfide) groups is 1. The van der Waals surface area contributed by atoms with Crippen LogP contribution in [0.5, 0.6) is 0 Å². The fourth-order valence-electron chi connectivity index (χ4n) is 3.43. The van der Waals surface area contributed by atoms with Crippen LogP contribution in [0.2, 0.25) is 0 Å². The second kappa shape index (κ2) is 12.1. The van der Waals surface area contributed by atoms with Gasteiger partial charge in [-0.2, -0.15) is 30.9 Å². The quantitative estimate of drug-likeness (QED) is 0.218. The number of hydrogen-bond acceptors (Lipinski definition) is 7. The molecule has 0 bridgehead atoms. The molecule has 1 aliphatic rings. The molecule has 40 heavy (non-hydrogen) atoms. The van der Waals surface area contributed by atoms with Crippen molar-refractivity contribution in [2.45, 2.75) is 36.3 Å². The zero-order valence-corrected chi connectivity index (χ0v) is 23.9. The van der Waals surface area contributed by atoms with Gasteiger partial charge in [-0.1, -0.05) is 53.4 Å². The lowest BCUT2D eigenvalue weighted by Gasteiger charge is -2.22. The second-order valence-corrected chi connectivity index (χ2v) is 13.3. The van der Waals surface area contributed by atoms with Crippen LogP contribution in [0, 0.1) is 0 Å².